The molecule has 0 unspecified atom stereocenters. The molecule has 3 rings (SSSR count). The molecular weight excluding hydrogens is 440 g/mol. The highest BCUT2D eigenvalue weighted by Crippen LogP contribution is 2.31. The normalized spacial score (nSPS) is 19.3. The van der Waals surface area contributed by atoms with Crippen LogP contribution in [0.15, 0.2) is 12.1 Å². The van der Waals surface area contributed by atoms with Gasteiger partial charge in [-0.15, -0.1) is 0 Å². The second kappa shape index (κ2) is 9.77. The summed E-state index contributed by atoms with van der Waals surface area (Å²) in [7, 11) is 0. The molecular formula is C21H29F2N5O5. The Morgan fingerprint density at radius 3 is 2.48 bits per heavy atom. The molecule has 1 aromatic rings. The molecule has 2 aliphatic rings. The predicted octanol–water partition coefficient (Wildman–Crippen LogP) is 1.99. The smallest absolute Gasteiger partial charge is 0.424 e. The van der Waals surface area contributed by atoms with Crippen molar-refractivity contribution in [2.75, 3.05) is 49.1 Å². The molecule has 2 heterocycles. The van der Waals surface area contributed by atoms with Crippen LogP contribution in [0.3, 0.4) is 0 Å². The Balaban J connectivity index is 1.70. The van der Waals surface area contributed by atoms with E-state index >= 15 is 0 Å². The van der Waals surface area contributed by atoms with Crippen LogP contribution in [-0.2, 0) is 14.3 Å². The van der Waals surface area contributed by atoms with Gasteiger partial charge >= 0.3 is 12.2 Å². The SMILES string of the molecule is CC(=O)NC[C@H]1CN(c2cc(F)c(N3CCNN(C(=O)OC(C)(C)C)CC3)c(F)c2)C(=O)O1. The minimum absolute atomic E-state index is 0.0207. The number of rotatable bonds is 4. The molecule has 0 aliphatic carbocycles. The van der Waals surface area contributed by atoms with E-state index in [0.717, 1.165) is 17.0 Å². The quantitative estimate of drug-likeness (QED) is 0.695. The highest BCUT2D eigenvalue weighted by Gasteiger charge is 2.34. The fourth-order valence-electron chi connectivity index (χ4n) is 3.53. The first-order valence-electron chi connectivity index (χ1n) is 10.6. The number of carbonyl (C=O) groups excluding carboxylic acids is 3. The molecule has 12 heteroatoms. The molecule has 0 spiro atoms. The van der Waals surface area contributed by atoms with Crippen LogP contribution in [0.25, 0.3) is 0 Å². The average Bonchev–Trinajstić information content (AvgIpc) is 2.90. The van der Waals surface area contributed by atoms with Crippen LogP contribution < -0.4 is 20.5 Å². The van der Waals surface area contributed by atoms with E-state index in [0.29, 0.717) is 0 Å². The number of hydrazine groups is 1. The van der Waals surface area contributed by atoms with Gasteiger partial charge in [0, 0.05) is 38.7 Å². The van der Waals surface area contributed by atoms with E-state index in [1.165, 1.54) is 16.8 Å². The summed E-state index contributed by atoms with van der Waals surface area (Å²) in [4.78, 5) is 38.1. The standard InChI is InChI=1S/C21H29F2N5O5/c1-13(29)24-11-15-12-27(19(30)32-15)14-9-16(22)18(17(23)10-14)26-6-5-25-28(8-7-26)20(31)33-21(2,3)4/h9-10,15,25H,5-8,11-12H2,1-4H3,(H,24,29)/t15-/m0/s1. The third-order valence-corrected chi connectivity index (χ3v) is 4.97. The maximum Gasteiger partial charge on any atom is 0.424 e. The van der Waals surface area contributed by atoms with E-state index in [9.17, 15) is 23.2 Å². The number of nitrogens with one attached hydrogen (secondary N) is 2. The van der Waals surface area contributed by atoms with Gasteiger partial charge in [-0.2, -0.15) is 0 Å². The number of benzene rings is 1. The van der Waals surface area contributed by atoms with Crippen LogP contribution in [0.2, 0.25) is 0 Å². The summed E-state index contributed by atoms with van der Waals surface area (Å²) in [6.07, 6.45) is -1.94. The Labute approximate surface area is 190 Å². The molecule has 1 aromatic carbocycles. The molecule has 0 aromatic heterocycles. The van der Waals surface area contributed by atoms with Crippen LogP contribution in [-0.4, -0.2) is 74.1 Å². The largest absolute Gasteiger partial charge is 0.443 e. The molecule has 10 nitrogen and oxygen atoms in total. The van der Waals surface area contributed by atoms with Crippen LogP contribution in [0, 0.1) is 11.6 Å². The van der Waals surface area contributed by atoms with Crippen molar-refractivity contribution in [2.24, 2.45) is 0 Å². The van der Waals surface area contributed by atoms with Gasteiger partial charge in [-0.25, -0.2) is 28.8 Å². The number of nitrogens with zero attached hydrogens (tertiary/aromatic N) is 3. The van der Waals surface area contributed by atoms with Gasteiger partial charge in [0.05, 0.1) is 25.3 Å². The Hall–Kier alpha value is -3.15. The molecule has 2 fully saturated rings. The van der Waals surface area contributed by atoms with Crippen molar-refractivity contribution >= 4 is 29.5 Å². The topological polar surface area (TPSA) is 103 Å². The summed E-state index contributed by atoms with van der Waals surface area (Å²) in [6.45, 7) is 7.58. The Kier molecular flexibility index (Phi) is 7.25. The van der Waals surface area contributed by atoms with Crippen LogP contribution in [0.1, 0.15) is 27.7 Å². The minimum atomic E-state index is -0.839. The molecule has 2 N–H and O–H groups in total. The van der Waals surface area contributed by atoms with Gasteiger partial charge < -0.3 is 19.7 Å². The van der Waals surface area contributed by atoms with E-state index < -0.39 is 35.5 Å². The third kappa shape index (κ3) is 6.21. The third-order valence-electron chi connectivity index (χ3n) is 4.97. The second-order valence-electron chi connectivity index (χ2n) is 8.84. The predicted molar refractivity (Wildman–Crippen MR) is 116 cm³/mol. The number of amides is 3. The van der Waals surface area contributed by atoms with Gasteiger partial charge in [-0.1, -0.05) is 0 Å². The Bertz CT molecular complexity index is 900. The van der Waals surface area contributed by atoms with Crippen molar-refractivity contribution in [2.45, 2.75) is 39.4 Å². The molecule has 0 bridgehead atoms. The van der Waals surface area contributed by atoms with Crippen LogP contribution >= 0.6 is 0 Å². The van der Waals surface area contributed by atoms with E-state index in [1.54, 1.807) is 20.8 Å². The summed E-state index contributed by atoms with van der Waals surface area (Å²) < 4.78 is 40.5. The van der Waals surface area contributed by atoms with Gasteiger partial charge in [0.25, 0.3) is 0 Å². The lowest BCUT2D eigenvalue weighted by molar-refractivity contribution is -0.119. The lowest BCUT2D eigenvalue weighted by Crippen LogP contribution is -2.46. The van der Waals surface area contributed by atoms with E-state index in [1.807, 2.05) is 0 Å². The summed E-state index contributed by atoms with van der Waals surface area (Å²) in [5, 5.41) is 3.83. The number of ether oxygens (including phenoxy) is 2. The molecule has 2 saturated heterocycles. The van der Waals surface area contributed by atoms with Crippen LogP contribution in [0.5, 0.6) is 0 Å². The van der Waals surface area contributed by atoms with E-state index in [4.69, 9.17) is 9.47 Å². The maximum absolute atomic E-state index is 15.0. The monoisotopic (exact) mass is 469 g/mol. The zero-order valence-electron chi connectivity index (χ0n) is 19.1. The molecule has 3 amide bonds. The molecule has 182 valence electrons. The number of cyclic esters (lactones) is 1. The van der Waals surface area contributed by atoms with Gasteiger partial charge in [0.15, 0.2) is 11.6 Å². The molecule has 33 heavy (non-hydrogen) atoms. The Morgan fingerprint density at radius 2 is 1.88 bits per heavy atom. The van der Waals surface area contributed by atoms with Crippen molar-refractivity contribution in [3.05, 3.63) is 23.8 Å². The van der Waals surface area contributed by atoms with Crippen molar-refractivity contribution in [3.63, 3.8) is 0 Å². The van der Waals surface area contributed by atoms with Crippen molar-refractivity contribution in [1.29, 1.82) is 0 Å². The van der Waals surface area contributed by atoms with E-state index in [2.05, 4.69) is 10.7 Å². The first kappa shape index (κ1) is 24.5. The molecule has 0 saturated carbocycles. The zero-order valence-corrected chi connectivity index (χ0v) is 19.1. The number of anilines is 2. The zero-order chi connectivity index (χ0) is 24.3. The Morgan fingerprint density at radius 1 is 1.21 bits per heavy atom. The van der Waals surface area contributed by atoms with Crippen LogP contribution in [0.4, 0.5) is 29.7 Å². The van der Waals surface area contributed by atoms with Gasteiger partial charge in [-0.05, 0) is 20.8 Å². The maximum atomic E-state index is 15.0. The van der Waals surface area contributed by atoms with Crippen molar-refractivity contribution in [3.8, 4) is 0 Å². The summed E-state index contributed by atoms with van der Waals surface area (Å²) in [5.41, 5.74) is 2.01. The number of carbonyl (C=O) groups is 3. The molecule has 0 radical (unpaired) electrons. The summed E-state index contributed by atoms with van der Waals surface area (Å²) in [5.74, 6) is -1.95. The summed E-state index contributed by atoms with van der Waals surface area (Å²) in [6, 6.07) is 2.15. The molecule has 1 atom stereocenters. The average molecular weight is 469 g/mol. The first-order valence-corrected chi connectivity index (χ1v) is 10.6. The lowest BCUT2D eigenvalue weighted by Gasteiger charge is -2.27. The minimum Gasteiger partial charge on any atom is -0.443 e. The number of halogens is 2. The van der Waals surface area contributed by atoms with Crippen molar-refractivity contribution < 1.29 is 32.6 Å². The highest BCUT2D eigenvalue weighted by atomic mass is 19.1. The first-order chi connectivity index (χ1) is 15.4. The van der Waals surface area contributed by atoms with Gasteiger partial charge in [0.2, 0.25) is 5.91 Å². The fourth-order valence-corrected chi connectivity index (χ4v) is 3.53. The van der Waals surface area contributed by atoms with Crippen molar-refractivity contribution in [1.82, 2.24) is 15.8 Å². The van der Waals surface area contributed by atoms with Gasteiger partial charge in [0.1, 0.15) is 17.4 Å². The van der Waals surface area contributed by atoms with Gasteiger partial charge in [-0.3, -0.25) is 9.69 Å². The number of hydrogen-bond acceptors (Lipinski definition) is 7. The fraction of sp³-hybridized carbons (Fsp3) is 0.571. The van der Waals surface area contributed by atoms with E-state index in [-0.39, 0.29) is 56.6 Å². The second-order valence-corrected chi connectivity index (χ2v) is 8.84. The summed E-state index contributed by atoms with van der Waals surface area (Å²) >= 11 is 0. The molecule has 2 aliphatic heterocycles. The highest BCUT2D eigenvalue weighted by molar-refractivity contribution is 5.90. The lowest BCUT2D eigenvalue weighted by atomic mass is 10.2. The number of hydrogen-bond donors (Lipinski definition) is 2.